The van der Waals surface area contributed by atoms with Crippen molar-refractivity contribution in [2.75, 3.05) is 0 Å². The normalized spacial score (nSPS) is 11.8. The van der Waals surface area contributed by atoms with Gasteiger partial charge in [-0.1, -0.05) is 60.7 Å². The van der Waals surface area contributed by atoms with Crippen molar-refractivity contribution in [1.82, 2.24) is 4.98 Å². The van der Waals surface area contributed by atoms with E-state index >= 15 is 0 Å². The molecule has 6 heteroatoms. The van der Waals surface area contributed by atoms with E-state index in [-0.39, 0.29) is 22.5 Å². The SMILES string of the molecule is Cc1cc2nc(/C(C(=O)C(=O)c3ccccc3)=C(\O)c3ccccc3)c(C)[n+]([O-])c2cc1C. The van der Waals surface area contributed by atoms with E-state index in [2.05, 4.69) is 4.98 Å². The smallest absolute Gasteiger partial charge is 0.242 e. The van der Waals surface area contributed by atoms with Crippen molar-refractivity contribution >= 4 is 33.9 Å². The predicted octanol–water partition coefficient (Wildman–Crippen LogP) is 4.67. The molecule has 4 aromatic rings. The van der Waals surface area contributed by atoms with Crippen LogP contribution in [0.15, 0.2) is 72.8 Å². The minimum absolute atomic E-state index is 0.0311. The number of Topliss-reactive ketones (excluding diaryl/α,β-unsaturated/α-hetero) is 2. The first-order valence-electron chi connectivity index (χ1n) is 10.4. The van der Waals surface area contributed by atoms with Gasteiger partial charge < -0.3 is 10.3 Å². The summed E-state index contributed by atoms with van der Waals surface area (Å²) in [5, 5.41) is 24.3. The Balaban J connectivity index is 2.01. The van der Waals surface area contributed by atoms with Crippen LogP contribution in [0.25, 0.3) is 22.4 Å². The Morgan fingerprint density at radius 1 is 0.848 bits per heavy atom. The summed E-state index contributed by atoms with van der Waals surface area (Å²) in [7, 11) is 0. The summed E-state index contributed by atoms with van der Waals surface area (Å²) in [6.07, 6.45) is 0. The number of aryl methyl sites for hydroxylation is 2. The maximum absolute atomic E-state index is 13.5. The number of nitrogens with zero attached hydrogens (tertiary/aromatic N) is 2. The summed E-state index contributed by atoms with van der Waals surface area (Å²) >= 11 is 0. The van der Waals surface area contributed by atoms with Gasteiger partial charge in [-0.2, -0.15) is 4.73 Å². The Hall–Kier alpha value is -4.32. The molecule has 0 aliphatic heterocycles. The average Bonchev–Trinajstić information content (AvgIpc) is 2.84. The Morgan fingerprint density at radius 3 is 2.00 bits per heavy atom. The lowest BCUT2D eigenvalue weighted by molar-refractivity contribution is -0.584. The van der Waals surface area contributed by atoms with Crippen molar-refractivity contribution in [3.8, 4) is 0 Å². The summed E-state index contributed by atoms with van der Waals surface area (Å²) in [6, 6.07) is 20.0. The second-order valence-corrected chi connectivity index (χ2v) is 7.88. The van der Waals surface area contributed by atoms with Gasteiger partial charge in [-0.3, -0.25) is 9.59 Å². The second kappa shape index (κ2) is 8.67. The Labute approximate surface area is 191 Å². The molecule has 0 unspecified atom stereocenters. The second-order valence-electron chi connectivity index (χ2n) is 7.88. The molecule has 0 aliphatic rings. The van der Waals surface area contributed by atoms with Gasteiger partial charge in [-0.25, -0.2) is 4.98 Å². The first-order valence-corrected chi connectivity index (χ1v) is 10.4. The molecular formula is C27H22N2O4. The molecule has 4 rings (SSSR count). The number of hydrogen-bond acceptors (Lipinski definition) is 5. The Morgan fingerprint density at radius 2 is 1.39 bits per heavy atom. The van der Waals surface area contributed by atoms with Gasteiger partial charge in [0.1, 0.15) is 22.5 Å². The third-order valence-electron chi connectivity index (χ3n) is 5.68. The van der Waals surface area contributed by atoms with E-state index in [1.54, 1.807) is 60.7 Å². The molecule has 0 spiro atoms. The van der Waals surface area contributed by atoms with Crippen molar-refractivity contribution in [2.24, 2.45) is 0 Å². The van der Waals surface area contributed by atoms with Crippen LogP contribution in [-0.4, -0.2) is 21.7 Å². The van der Waals surface area contributed by atoms with E-state index in [4.69, 9.17) is 0 Å². The molecule has 0 amide bonds. The lowest BCUT2D eigenvalue weighted by atomic mass is 9.94. The molecule has 1 N–H and O–H groups in total. The van der Waals surface area contributed by atoms with E-state index in [1.807, 2.05) is 13.8 Å². The highest BCUT2D eigenvalue weighted by Gasteiger charge is 2.31. The highest BCUT2D eigenvalue weighted by atomic mass is 16.5. The molecule has 3 aromatic carbocycles. The third kappa shape index (κ3) is 3.99. The molecule has 33 heavy (non-hydrogen) atoms. The molecule has 6 nitrogen and oxygen atoms in total. The van der Waals surface area contributed by atoms with Gasteiger partial charge in [0.2, 0.25) is 22.8 Å². The van der Waals surface area contributed by atoms with Gasteiger partial charge in [0.15, 0.2) is 0 Å². The van der Waals surface area contributed by atoms with Gasteiger partial charge in [-0.05, 0) is 31.0 Å². The number of aliphatic hydroxyl groups excluding tert-OH is 1. The van der Waals surface area contributed by atoms with E-state index < -0.39 is 17.3 Å². The Bertz CT molecular complexity index is 1430. The maximum atomic E-state index is 13.5. The Kier molecular flexibility index (Phi) is 5.75. The predicted molar refractivity (Wildman–Crippen MR) is 127 cm³/mol. The molecule has 0 aliphatic carbocycles. The number of carbonyl (C=O) groups is 2. The van der Waals surface area contributed by atoms with Crippen LogP contribution in [0.4, 0.5) is 0 Å². The monoisotopic (exact) mass is 438 g/mol. The summed E-state index contributed by atoms with van der Waals surface area (Å²) in [6.45, 7) is 5.31. The molecule has 0 atom stereocenters. The van der Waals surface area contributed by atoms with Gasteiger partial charge in [0, 0.05) is 24.1 Å². The van der Waals surface area contributed by atoms with Crippen LogP contribution in [0, 0.1) is 26.0 Å². The summed E-state index contributed by atoms with van der Waals surface area (Å²) in [4.78, 5) is 31.1. The summed E-state index contributed by atoms with van der Waals surface area (Å²) < 4.78 is 0.683. The van der Waals surface area contributed by atoms with Crippen molar-refractivity contribution in [3.63, 3.8) is 0 Å². The first kappa shape index (κ1) is 21.9. The van der Waals surface area contributed by atoms with Gasteiger partial charge in [0.25, 0.3) is 0 Å². The zero-order chi connectivity index (χ0) is 23.7. The molecule has 164 valence electrons. The molecule has 0 saturated carbocycles. The number of fused-ring (bicyclic) bond motifs is 1. The highest BCUT2D eigenvalue weighted by Crippen LogP contribution is 2.28. The average molecular weight is 438 g/mol. The lowest BCUT2D eigenvalue weighted by Crippen LogP contribution is -2.34. The number of aromatic nitrogens is 2. The highest BCUT2D eigenvalue weighted by molar-refractivity contribution is 6.59. The standard InChI is InChI=1S/C27H22N2O4/c1-16-14-21-22(15-17(16)2)29(33)18(3)24(28-21)23(25(30)19-10-6-4-7-11-19)27(32)26(31)20-12-8-5-9-13-20/h4-15,30H,1-3H3/b25-23+. The van der Waals surface area contributed by atoms with E-state index in [0.717, 1.165) is 11.1 Å². The molecule has 0 radical (unpaired) electrons. The quantitative estimate of drug-likeness (QED) is 0.122. The number of benzene rings is 3. The molecular weight excluding hydrogens is 416 g/mol. The molecule has 0 fully saturated rings. The maximum Gasteiger partial charge on any atom is 0.242 e. The number of ketones is 2. The third-order valence-corrected chi connectivity index (χ3v) is 5.68. The minimum Gasteiger partial charge on any atom is -0.618 e. The zero-order valence-electron chi connectivity index (χ0n) is 18.5. The fourth-order valence-electron chi connectivity index (χ4n) is 3.65. The largest absolute Gasteiger partial charge is 0.618 e. The van der Waals surface area contributed by atoms with Crippen molar-refractivity contribution in [3.05, 3.63) is 112 Å². The molecule has 1 heterocycles. The van der Waals surface area contributed by atoms with Crippen LogP contribution in [0.5, 0.6) is 0 Å². The van der Waals surface area contributed by atoms with Crippen molar-refractivity contribution in [1.29, 1.82) is 0 Å². The summed E-state index contributed by atoms with van der Waals surface area (Å²) in [5.41, 5.74) is 2.85. The van der Waals surface area contributed by atoms with E-state index in [0.29, 0.717) is 21.3 Å². The van der Waals surface area contributed by atoms with Crippen molar-refractivity contribution in [2.45, 2.75) is 20.8 Å². The van der Waals surface area contributed by atoms with Crippen LogP contribution in [-0.2, 0) is 4.79 Å². The fourth-order valence-corrected chi connectivity index (χ4v) is 3.65. The van der Waals surface area contributed by atoms with Crippen LogP contribution in [0.2, 0.25) is 0 Å². The molecule has 0 saturated heterocycles. The van der Waals surface area contributed by atoms with E-state index in [9.17, 15) is 19.9 Å². The number of aliphatic hydroxyl groups is 1. The topological polar surface area (TPSA) is 94.2 Å². The lowest BCUT2D eigenvalue weighted by Gasteiger charge is -2.14. The number of hydrogen-bond donors (Lipinski definition) is 1. The van der Waals surface area contributed by atoms with Gasteiger partial charge >= 0.3 is 0 Å². The minimum atomic E-state index is -0.943. The van der Waals surface area contributed by atoms with Crippen molar-refractivity contribution < 1.29 is 19.4 Å². The van der Waals surface area contributed by atoms with E-state index in [1.165, 1.54) is 19.1 Å². The molecule has 1 aromatic heterocycles. The zero-order valence-corrected chi connectivity index (χ0v) is 18.5. The fraction of sp³-hybridized carbons (Fsp3) is 0.111. The van der Waals surface area contributed by atoms with Gasteiger partial charge in [0.05, 0.1) is 0 Å². The van der Waals surface area contributed by atoms with Gasteiger partial charge in [-0.15, -0.1) is 0 Å². The summed E-state index contributed by atoms with van der Waals surface area (Å²) in [5.74, 6) is -2.16. The van der Waals surface area contributed by atoms with Crippen LogP contribution in [0.1, 0.15) is 38.4 Å². The van der Waals surface area contributed by atoms with Crippen LogP contribution in [0.3, 0.4) is 0 Å². The number of rotatable bonds is 5. The number of carbonyl (C=O) groups excluding carboxylic acids is 2. The van der Waals surface area contributed by atoms with Crippen LogP contribution >= 0.6 is 0 Å². The number of allylic oxidation sites excluding steroid dienone is 1. The molecule has 0 bridgehead atoms. The van der Waals surface area contributed by atoms with Crippen LogP contribution < -0.4 is 4.73 Å². The first-order chi connectivity index (χ1) is 15.8.